The molecule has 2 nitrogen and oxygen atoms in total. The molecule has 1 saturated carbocycles. The van der Waals surface area contributed by atoms with E-state index in [0.717, 1.165) is 31.4 Å². The summed E-state index contributed by atoms with van der Waals surface area (Å²) in [6.07, 6.45) is 4.20. The maximum absolute atomic E-state index is 13.9. The Hall–Kier alpha value is -0.930. The lowest BCUT2D eigenvalue weighted by molar-refractivity contribution is -0.0113. The maximum Gasteiger partial charge on any atom is 0.129 e. The van der Waals surface area contributed by atoms with Crippen LogP contribution in [0.15, 0.2) is 18.2 Å². The first-order valence-electron chi connectivity index (χ1n) is 7.27. The van der Waals surface area contributed by atoms with Gasteiger partial charge in [0.25, 0.3) is 0 Å². The molecule has 19 heavy (non-hydrogen) atoms. The molecule has 1 aromatic rings. The fourth-order valence-corrected chi connectivity index (χ4v) is 2.91. The summed E-state index contributed by atoms with van der Waals surface area (Å²) < 4.78 is 13.9. The smallest absolute Gasteiger partial charge is 0.129 e. The van der Waals surface area contributed by atoms with E-state index in [4.69, 9.17) is 0 Å². The Balaban J connectivity index is 2.07. The highest BCUT2D eigenvalue weighted by Gasteiger charge is 2.36. The van der Waals surface area contributed by atoms with Crippen LogP contribution in [0.25, 0.3) is 0 Å². The second kappa shape index (κ2) is 6.02. The van der Waals surface area contributed by atoms with Crippen molar-refractivity contribution < 1.29 is 9.50 Å². The lowest BCUT2D eigenvalue weighted by Crippen LogP contribution is -2.40. The molecule has 0 unspecified atom stereocenters. The van der Waals surface area contributed by atoms with Gasteiger partial charge in [-0.15, -0.1) is 0 Å². The van der Waals surface area contributed by atoms with Crippen molar-refractivity contribution >= 4 is 0 Å². The van der Waals surface area contributed by atoms with E-state index < -0.39 is 5.60 Å². The van der Waals surface area contributed by atoms with Crippen molar-refractivity contribution in [2.75, 3.05) is 6.54 Å². The minimum atomic E-state index is -0.986. The van der Waals surface area contributed by atoms with Crippen LogP contribution < -0.4 is 5.32 Å². The third kappa shape index (κ3) is 3.34. The zero-order valence-electron chi connectivity index (χ0n) is 11.9. The van der Waals surface area contributed by atoms with Gasteiger partial charge in [0.1, 0.15) is 5.82 Å². The fourth-order valence-electron chi connectivity index (χ4n) is 2.91. The van der Waals surface area contributed by atoms with Gasteiger partial charge >= 0.3 is 0 Å². The number of hydrogen-bond donors (Lipinski definition) is 2. The van der Waals surface area contributed by atoms with Gasteiger partial charge in [0.2, 0.25) is 0 Å². The molecule has 106 valence electrons. The molecule has 0 aliphatic heterocycles. The Labute approximate surface area is 115 Å². The third-order valence-corrected chi connectivity index (χ3v) is 4.12. The highest BCUT2D eigenvalue weighted by atomic mass is 19.1. The summed E-state index contributed by atoms with van der Waals surface area (Å²) >= 11 is 0. The van der Waals surface area contributed by atoms with Gasteiger partial charge in [-0.1, -0.05) is 24.6 Å². The van der Waals surface area contributed by atoms with Crippen molar-refractivity contribution in [3.8, 4) is 0 Å². The summed E-state index contributed by atoms with van der Waals surface area (Å²) in [7, 11) is 0. The highest BCUT2D eigenvalue weighted by molar-refractivity contribution is 5.29. The van der Waals surface area contributed by atoms with Crippen molar-refractivity contribution in [2.45, 2.75) is 57.6 Å². The second-order valence-corrected chi connectivity index (χ2v) is 5.74. The molecule has 0 saturated heterocycles. The molecule has 1 fully saturated rings. The van der Waals surface area contributed by atoms with E-state index in [1.165, 1.54) is 6.07 Å². The number of halogens is 1. The number of nitrogens with one attached hydrogen (secondary N) is 1. The third-order valence-electron chi connectivity index (χ3n) is 4.12. The zero-order chi connectivity index (χ0) is 13.9. The van der Waals surface area contributed by atoms with Crippen LogP contribution in [0.4, 0.5) is 4.39 Å². The van der Waals surface area contributed by atoms with Gasteiger partial charge in [0.05, 0.1) is 5.60 Å². The van der Waals surface area contributed by atoms with Crippen LogP contribution in [0.1, 0.15) is 50.2 Å². The topological polar surface area (TPSA) is 32.3 Å². The summed E-state index contributed by atoms with van der Waals surface area (Å²) in [5, 5.41) is 14.2. The monoisotopic (exact) mass is 265 g/mol. The Kier molecular flexibility index (Phi) is 4.58. The van der Waals surface area contributed by atoms with E-state index in [1.54, 1.807) is 12.1 Å². The Morgan fingerprint density at radius 1 is 1.37 bits per heavy atom. The molecule has 1 aliphatic rings. The Morgan fingerprint density at radius 3 is 2.68 bits per heavy atom. The van der Waals surface area contributed by atoms with Gasteiger partial charge in [-0.2, -0.15) is 0 Å². The van der Waals surface area contributed by atoms with E-state index in [1.807, 2.05) is 6.92 Å². The van der Waals surface area contributed by atoms with E-state index >= 15 is 0 Å². The molecule has 0 bridgehead atoms. The number of rotatable bonds is 4. The number of aliphatic hydroxyl groups is 1. The summed E-state index contributed by atoms with van der Waals surface area (Å²) in [6.45, 7) is 5.09. The maximum atomic E-state index is 13.9. The molecule has 2 N–H and O–H groups in total. The average Bonchev–Trinajstić information content (AvgIpc) is 2.41. The van der Waals surface area contributed by atoms with Crippen LogP contribution in [-0.2, 0) is 5.60 Å². The number of aryl methyl sites for hydroxylation is 1. The molecule has 0 heterocycles. The average molecular weight is 265 g/mol. The van der Waals surface area contributed by atoms with Crippen molar-refractivity contribution in [3.05, 3.63) is 35.1 Å². The van der Waals surface area contributed by atoms with Gasteiger partial charge in [-0.05, 0) is 51.6 Å². The molecule has 2 rings (SSSR count). The van der Waals surface area contributed by atoms with Crippen LogP contribution in [0, 0.1) is 12.7 Å². The van der Waals surface area contributed by atoms with E-state index in [2.05, 4.69) is 12.2 Å². The summed E-state index contributed by atoms with van der Waals surface area (Å²) in [4.78, 5) is 0. The highest BCUT2D eigenvalue weighted by Crippen LogP contribution is 2.38. The summed E-state index contributed by atoms with van der Waals surface area (Å²) in [6, 6.07) is 5.46. The lowest BCUT2D eigenvalue weighted by atomic mass is 9.77. The Bertz CT molecular complexity index is 425. The van der Waals surface area contributed by atoms with Gasteiger partial charge in [-0.25, -0.2) is 4.39 Å². The largest absolute Gasteiger partial charge is 0.385 e. The molecule has 3 heteroatoms. The summed E-state index contributed by atoms with van der Waals surface area (Å²) in [5.41, 5.74) is 0.484. The van der Waals surface area contributed by atoms with Crippen LogP contribution in [0.2, 0.25) is 0 Å². The first-order chi connectivity index (χ1) is 9.05. The quantitative estimate of drug-likeness (QED) is 0.875. The molecule has 0 atom stereocenters. The predicted octanol–water partition coefficient (Wildman–Crippen LogP) is 3.26. The minimum Gasteiger partial charge on any atom is -0.385 e. The normalized spacial score (nSPS) is 27.5. The van der Waals surface area contributed by atoms with Gasteiger partial charge in [0.15, 0.2) is 0 Å². The van der Waals surface area contributed by atoms with Crippen molar-refractivity contribution in [3.63, 3.8) is 0 Å². The van der Waals surface area contributed by atoms with Crippen molar-refractivity contribution in [1.29, 1.82) is 0 Å². The fraction of sp³-hybridized carbons (Fsp3) is 0.625. The predicted molar refractivity (Wildman–Crippen MR) is 75.6 cm³/mol. The molecule has 0 aromatic heterocycles. The van der Waals surface area contributed by atoms with Crippen molar-refractivity contribution in [2.24, 2.45) is 0 Å². The lowest BCUT2D eigenvalue weighted by Gasteiger charge is -2.37. The molecule has 1 aliphatic carbocycles. The van der Waals surface area contributed by atoms with Crippen LogP contribution in [0.5, 0.6) is 0 Å². The van der Waals surface area contributed by atoms with Crippen LogP contribution in [0.3, 0.4) is 0 Å². The van der Waals surface area contributed by atoms with Crippen molar-refractivity contribution in [1.82, 2.24) is 5.32 Å². The zero-order valence-corrected chi connectivity index (χ0v) is 11.9. The van der Waals surface area contributed by atoms with E-state index in [9.17, 15) is 9.50 Å². The molecular weight excluding hydrogens is 241 g/mol. The van der Waals surface area contributed by atoms with E-state index in [0.29, 0.717) is 24.4 Å². The van der Waals surface area contributed by atoms with Crippen LogP contribution in [-0.4, -0.2) is 17.7 Å². The SMILES string of the molecule is CCCNC1CCC(O)(c2cc(C)ccc2F)CC1. The standard InChI is InChI=1S/C16H24FNO/c1-3-10-18-13-6-8-16(19,9-7-13)14-11-12(2)4-5-15(14)17/h4-5,11,13,18-19H,3,6-10H2,1-2H3. The molecular formula is C16H24FNO. The molecule has 1 aromatic carbocycles. The number of benzene rings is 1. The first-order valence-corrected chi connectivity index (χ1v) is 7.27. The minimum absolute atomic E-state index is 0.284. The molecule has 0 amide bonds. The van der Waals surface area contributed by atoms with Gasteiger partial charge in [-0.3, -0.25) is 0 Å². The van der Waals surface area contributed by atoms with Gasteiger partial charge in [0, 0.05) is 11.6 Å². The molecule has 0 spiro atoms. The van der Waals surface area contributed by atoms with Crippen LogP contribution >= 0.6 is 0 Å². The Morgan fingerprint density at radius 2 is 2.05 bits per heavy atom. The van der Waals surface area contributed by atoms with E-state index in [-0.39, 0.29) is 5.82 Å². The first kappa shape index (κ1) is 14.5. The molecule has 0 radical (unpaired) electrons. The number of hydrogen-bond acceptors (Lipinski definition) is 2. The second-order valence-electron chi connectivity index (χ2n) is 5.74. The summed E-state index contributed by atoms with van der Waals surface area (Å²) in [5.74, 6) is -0.284. The van der Waals surface area contributed by atoms with Gasteiger partial charge < -0.3 is 10.4 Å².